The summed E-state index contributed by atoms with van der Waals surface area (Å²) < 4.78 is 0. The molecule has 0 spiro atoms. The van der Waals surface area contributed by atoms with E-state index < -0.39 is 0 Å². The molecule has 2 N–H and O–H groups in total. The summed E-state index contributed by atoms with van der Waals surface area (Å²) in [5.41, 5.74) is 0. The Bertz CT molecular complexity index is 148. The monoisotopic (exact) mass is 257 g/mol. The highest BCUT2D eigenvalue weighted by Crippen LogP contribution is 2.11. The van der Waals surface area contributed by atoms with Crippen molar-refractivity contribution in [3.05, 3.63) is 0 Å². The molecule has 0 rings (SSSR count). The SMILES string of the molecule is CCCCCCCCCCCCCCNC(C)O. The maximum absolute atomic E-state index is 9.02. The normalized spacial score (nSPS) is 12.8. The third-order valence-corrected chi connectivity index (χ3v) is 3.47. The molecule has 0 aliphatic heterocycles. The number of hydrogen-bond acceptors (Lipinski definition) is 2. The van der Waals surface area contributed by atoms with Gasteiger partial charge in [-0.05, 0) is 19.9 Å². The van der Waals surface area contributed by atoms with Crippen molar-refractivity contribution in [2.24, 2.45) is 0 Å². The minimum absolute atomic E-state index is 0.349. The lowest BCUT2D eigenvalue weighted by molar-refractivity contribution is 0.156. The number of aliphatic hydroxyl groups is 1. The van der Waals surface area contributed by atoms with Crippen LogP contribution in [0.1, 0.15) is 90.9 Å². The minimum Gasteiger partial charge on any atom is -0.379 e. The summed E-state index contributed by atoms with van der Waals surface area (Å²) in [7, 11) is 0. The highest BCUT2D eigenvalue weighted by Gasteiger charge is 1.94. The van der Waals surface area contributed by atoms with Crippen molar-refractivity contribution in [3.63, 3.8) is 0 Å². The van der Waals surface area contributed by atoms with E-state index in [0.29, 0.717) is 0 Å². The molecule has 2 heteroatoms. The van der Waals surface area contributed by atoms with Gasteiger partial charge >= 0.3 is 0 Å². The van der Waals surface area contributed by atoms with Crippen LogP contribution in [0.5, 0.6) is 0 Å². The zero-order valence-corrected chi connectivity index (χ0v) is 12.7. The standard InChI is InChI=1S/C16H35NO/c1-3-4-5-6-7-8-9-10-11-12-13-14-15-17-16(2)18/h16-18H,3-15H2,1-2H3. The second-order valence-corrected chi connectivity index (χ2v) is 5.52. The van der Waals surface area contributed by atoms with Gasteiger partial charge in [-0.25, -0.2) is 0 Å². The fraction of sp³-hybridized carbons (Fsp3) is 1.00. The minimum atomic E-state index is -0.349. The van der Waals surface area contributed by atoms with Crippen molar-refractivity contribution in [2.75, 3.05) is 6.54 Å². The van der Waals surface area contributed by atoms with Gasteiger partial charge in [0.05, 0.1) is 0 Å². The van der Waals surface area contributed by atoms with E-state index in [2.05, 4.69) is 12.2 Å². The second kappa shape index (κ2) is 15.0. The maximum atomic E-state index is 9.02. The van der Waals surface area contributed by atoms with Gasteiger partial charge in [0, 0.05) is 0 Å². The molecule has 0 fully saturated rings. The molecule has 1 unspecified atom stereocenters. The average molecular weight is 257 g/mol. The zero-order chi connectivity index (χ0) is 13.5. The Hall–Kier alpha value is -0.0800. The molecule has 2 nitrogen and oxygen atoms in total. The Morgan fingerprint density at radius 2 is 1.11 bits per heavy atom. The molecule has 0 aromatic rings. The fourth-order valence-electron chi connectivity index (χ4n) is 2.28. The van der Waals surface area contributed by atoms with E-state index in [1.807, 2.05) is 0 Å². The molecule has 0 aliphatic carbocycles. The Labute approximate surface area is 115 Å². The van der Waals surface area contributed by atoms with Crippen LogP contribution >= 0.6 is 0 Å². The molecule has 0 heterocycles. The van der Waals surface area contributed by atoms with Crippen LogP contribution in [0.25, 0.3) is 0 Å². The van der Waals surface area contributed by atoms with Crippen LogP contribution in [-0.2, 0) is 0 Å². The average Bonchev–Trinajstić information content (AvgIpc) is 2.34. The van der Waals surface area contributed by atoms with Gasteiger partial charge in [-0.2, -0.15) is 0 Å². The first kappa shape index (κ1) is 17.9. The third kappa shape index (κ3) is 15.9. The van der Waals surface area contributed by atoms with E-state index >= 15 is 0 Å². The molecule has 1 atom stereocenters. The lowest BCUT2D eigenvalue weighted by Gasteiger charge is -2.06. The first-order valence-electron chi connectivity index (χ1n) is 8.18. The number of nitrogens with one attached hydrogen (secondary N) is 1. The highest BCUT2D eigenvalue weighted by atomic mass is 16.3. The molecule has 18 heavy (non-hydrogen) atoms. The molecule has 0 saturated heterocycles. The third-order valence-electron chi connectivity index (χ3n) is 3.47. The molecule has 0 saturated carbocycles. The number of unbranched alkanes of at least 4 members (excludes halogenated alkanes) is 11. The number of rotatable bonds is 14. The van der Waals surface area contributed by atoms with E-state index in [1.54, 1.807) is 6.92 Å². The first-order valence-corrected chi connectivity index (χ1v) is 8.18. The summed E-state index contributed by atoms with van der Waals surface area (Å²) in [6, 6.07) is 0. The predicted molar refractivity (Wildman–Crippen MR) is 80.8 cm³/mol. The summed E-state index contributed by atoms with van der Waals surface area (Å²) in [6.07, 6.45) is 16.3. The number of aliphatic hydroxyl groups excluding tert-OH is 1. The van der Waals surface area contributed by atoms with E-state index in [-0.39, 0.29) is 6.23 Å². The van der Waals surface area contributed by atoms with Crippen LogP contribution in [-0.4, -0.2) is 17.9 Å². The largest absolute Gasteiger partial charge is 0.379 e. The van der Waals surface area contributed by atoms with E-state index in [4.69, 9.17) is 5.11 Å². The highest BCUT2D eigenvalue weighted by molar-refractivity contribution is 4.51. The summed E-state index contributed by atoms with van der Waals surface area (Å²) >= 11 is 0. The van der Waals surface area contributed by atoms with E-state index in [1.165, 1.54) is 77.0 Å². The molecule has 110 valence electrons. The molecule has 0 aromatic carbocycles. The smallest absolute Gasteiger partial charge is 0.102 e. The Morgan fingerprint density at radius 3 is 1.50 bits per heavy atom. The lowest BCUT2D eigenvalue weighted by Crippen LogP contribution is -2.26. The molecule has 0 bridgehead atoms. The van der Waals surface area contributed by atoms with E-state index in [9.17, 15) is 0 Å². The van der Waals surface area contributed by atoms with E-state index in [0.717, 1.165) is 6.54 Å². The quantitative estimate of drug-likeness (QED) is 0.352. The topological polar surface area (TPSA) is 32.3 Å². The summed E-state index contributed by atoms with van der Waals surface area (Å²) in [5.74, 6) is 0. The summed E-state index contributed by atoms with van der Waals surface area (Å²) in [5, 5.41) is 12.1. The van der Waals surface area contributed by atoms with Crippen LogP contribution in [0.15, 0.2) is 0 Å². The van der Waals surface area contributed by atoms with Crippen molar-refractivity contribution in [3.8, 4) is 0 Å². The van der Waals surface area contributed by atoms with Crippen LogP contribution in [0, 0.1) is 0 Å². The Morgan fingerprint density at radius 1 is 0.722 bits per heavy atom. The van der Waals surface area contributed by atoms with Gasteiger partial charge in [0.2, 0.25) is 0 Å². The Balaban J connectivity index is 2.90. The molecule has 0 radical (unpaired) electrons. The van der Waals surface area contributed by atoms with Crippen LogP contribution in [0.4, 0.5) is 0 Å². The van der Waals surface area contributed by atoms with Crippen molar-refractivity contribution in [1.29, 1.82) is 0 Å². The Kier molecular flexibility index (Phi) is 14.9. The summed E-state index contributed by atoms with van der Waals surface area (Å²) in [4.78, 5) is 0. The van der Waals surface area contributed by atoms with Gasteiger partial charge in [0.25, 0.3) is 0 Å². The van der Waals surface area contributed by atoms with Gasteiger partial charge in [-0.1, -0.05) is 77.6 Å². The molecular weight excluding hydrogens is 222 g/mol. The molecule has 0 aromatic heterocycles. The van der Waals surface area contributed by atoms with Gasteiger partial charge < -0.3 is 5.11 Å². The number of hydrogen-bond donors (Lipinski definition) is 2. The zero-order valence-electron chi connectivity index (χ0n) is 12.7. The van der Waals surface area contributed by atoms with Gasteiger partial charge in [0.1, 0.15) is 6.23 Å². The molecular formula is C16H35NO. The van der Waals surface area contributed by atoms with Gasteiger partial charge in [-0.3, -0.25) is 5.32 Å². The summed E-state index contributed by atoms with van der Waals surface area (Å²) in [6.45, 7) is 5.01. The fourth-order valence-corrected chi connectivity index (χ4v) is 2.28. The lowest BCUT2D eigenvalue weighted by atomic mass is 10.1. The van der Waals surface area contributed by atoms with Crippen LogP contribution < -0.4 is 5.32 Å². The predicted octanol–water partition coefficient (Wildman–Crippen LogP) is 4.62. The van der Waals surface area contributed by atoms with Crippen molar-refractivity contribution in [1.82, 2.24) is 5.32 Å². The maximum Gasteiger partial charge on any atom is 0.102 e. The van der Waals surface area contributed by atoms with Crippen molar-refractivity contribution < 1.29 is 5.11 Å². The van der Waals surface area contributed by atoms with Gasteiger partial charge in [0.15, 0.2) is 0 Å². The van der Waals surface area contributed by atoms with Crippen molar-refractivity contribution in [2.45, 2.75) is 97.1 Å². The van der Waals surface area contributed by atoms with Gasteiger partial charge in [-0.15, -0.1) is 0 Å². The first-order chi connectivity index (χ1) is 8.77. The van der Waals surface area contributed by atoms with Crippen molar-refractivity contribution >= 4 is 0 Å². The second-order valence-electron chi connectivity index (χ2n) is 5.52. The molecule has 0 aliphatic rings. The molecule has 0 amide bonds. The van der Waals surface area contributed by atoms with Crippen LogP contribution in [0.2, 0.25) is 0 Å². The van der Waals surface area contributed by atoms with Crippen LogP contribution in [0.3, 0.4) is 0 Å².